The lowest BCUT2D eigenvalue weighted by Gasteiger charge is -2.26. The highest BCUT2D eigenvalue weighted by Crippen LogP contribution is 2.13. The number of carbonyl (C=O) groups excluding carboxylic acids is 1. The maximum Gasteiger partial charge on any atom is 0.234 e. The molecule has 0 radical (unpaired) electrons. The third-order valence-corrected chi connectivity index (χ3v) is 3.17. The summed E-state index contributed by atoms with van der Waals surface area (Å²) in [6.07, 6.45) is 2.29. The summed E-state index contributed by atoms with van der Waals surface area (Å²) in [6, 6.07) is 12.3. The molecule has 1 rings (SSSR count). The number of benzene rings is 1. The maximum absolute atomic E-state index is 11.6. The first kappa shape index (κ1) is 16.2. The van der Waals surface area contributed by atoms with E-state index in [0.29, 0.717) is 13.0 Å². The number of nitrogens with zero attached hydrogens (tertiary/aromatic N) is 1. The van der Waals surface area contributed by atoms with Gasteiger partial charge in [0.2, 0.25) is 5.91 Å². The molecule has 0 aromatic heterocycles. The molecule has 0 bridgehead atoms. The van der Waals surface area contributed by atoms with Crippen LogP contribution in [0.15, 0.2) is 30.3 Å². The van der Waals surface area contributed by atoms with Gasteiger partial charge in [-0.2, -0.15) is 5.26 Å². The molecule has 0 aliphatic carbocycles. The summed E-state index contributed by atoms with van der Waals surface area (Å²) >= 11 is 0. The summed E-state index contributed by atoms with van der Waals surface area (Å²) in [6.45, 7) is 4.89. The van der Waals surface area contributed by atoms with Crippen LogP contribution in [0.25, 0.3) is 0 Å². The Labute approximate surface area is 121 Å². The number of nitriles is 1. The number of amides is 1. The van der Waals surface area contributed by atoms with Crippen LogP contribution >= 0.6 is 0 Å². The quantitative estimate of drug-likeness (QED) is 0.712. The Morgan fingerprint density at radius 2 is 2.00 bits per heavy atom. The van der Waals surface area contributed by atoms with Gasteiger partial charge in [0, 0.05) is 12.1 Å². The Balaban J connectivity index is 2.27. The molecule has 1 amide bonds. The van der Waals surface area contributed by atoms with Gasteiger partial charge < -0.3 is 10.6 Å². The predicted octanol–water partition coefficient (Wildman–Crippen LogP) is 2.02. The van der Waals surface area contributed by atoms with Gasteiger partial charge in [-0.15, -0.1) is 0 Å². The summed E-state index contributed by atoms with van der Waals surface area (Å²) in [5, 5.41) is 14.4. The van der Waals surface area contributed by atoms with Gasteiger partial charge in [0.05, 0.1) is 19.0 Å². The smallest absolute Gasteiger partial charge is 0.234 e. The number of hydrogen-bond acceptors (Lipinski definition) is 3. The highest BCUT2D eigenvalue weighted by molar-refractivity contribution is 5.78. The van der Waals surface area contributed by atoms with Crippen LogP contribution in [0.5, 0.6) is 0 Å². The molecule has 0 aliphatic heterocycles. The average Bonchev–Trinajstić information content (AvgIpc) is 2.45. The molecule has 0 spiro atoms. The first-order valence-corrected chi connectivity index (χ1v) is 6.96. The van der Waals surface area contributed by atoms with Gasteiger partial charge in [-0.05, 0) is 32.3 Å². The summed E-state index contributed by atoms with van der Waals surface area (Å²) < 4.78 is 0. The van der Waals surface area contributed by atoms with E-state index >= 15 is 0 Å². The van der Waals surface area contributed by atoms with Gasteiger partial charge in [0.15, 0.2) is 0 Å². The summed E-state index contributed by atoms with van der Waals surface area (Å²) in [5.41, 5.74) is 1.21. The molecule has 0 atom stereocenters. The molecule has 4 nitrogen and oxygen atoms in total. The Bertz CT molecular complexity index is 449. The zero-order chi connectivity index (χ0) is 14.8. The van der Waals surface area contributed by atoms with Crippen molar-refractivity contribution >= 4 is 5.91 Å². The predicted molar refractivity (Wildman–Crippen MR) is 80.1 cm³/mol. The van der Waals surface area contributed by atoms with Crippen LogP contribution in [0.2, 0.25) is 0 Å². The molecule has 0 heterocycles. The second-order valence-electron chi connectivity index (χ2n) is 5.48. The van der Waals surface area contributed by atoms with Gasteiger partial charge in [-0.25, -0.2) is 0 Å². The summed E-state index contributed by atoms with van der Waals surface area (Å²) in [5.74, 6) is -0.0620. The molecule has 0 saturated carbocycles. The Kier molecular flexibility index (Phi) is 6.75. The van der Waals surface area contributed by atoms with E-state index in [1.807, 2.05) is 24.3 Å². The Hall–Kier alpha value is -1.86. The second kappa shape index (κ2) is 8.34. The molecule has 1 aromatic rings. The van der Waals surface area contributed by atoms with Crippen LogP contribution in [-0.2, 0) is 11.2 Å². The fraction of sp³-hybridized carbons (Fsp3) is 0.500. The standard InChI is InChI=1S/C16H23N3O/c1-16(2,10-9-14-7-4-3-5-8-14)19-13-15(20)18-12-6-11-17/h3-5,7-8,19H,6,9-10,12-13H2,1-2H3,(H,18,20). The minimum atomic E-state index is -0.0948. The number of rotatable bonds is 8. The van der Waals surface area contributed by atoms with E-state index in [-0.39, 0.29) is 18.0 Å². The van der Waals surface area contributed by atoms with Gasteiger partial charge in [-0.3, -0.25) is 4.79 Å². The molecule has 0 aliphatic rings. The molecule has 20 heavy (non-hydrogen) atoms. The molecular weight excluding hydrogens is 250 g/mol. The molecule has 0 saturated heterocycles. The lowest BCUT2D eigenvalue weighted by molar-refractivity contribution is -0.120. The average molecular weight is 273 g/mol. The van der Waals surface area contributed by atoms with Crippen LogP contribution in [0, 0.1) is 11.3 Å². The molecule has 108 valence electrons. The lowest BCUT2D eigenvalue weighted by atomic mass is 9.95. The van der Waals surface area contributed by atoms with Crippen molar-refractivity contribution in [3.63, 3.8) is 0 Å². The molecule has 2 N–H and O–H groups in total. The van der Waals surface area contributed by atoms with Crippen molar-refractivity contribution in [1.29, 1.82) is 5.26 Å². The van der Waals surface area contributed by atoms with Crippen molar-refractivity contribution in [2.24, 2.45) is 0 Å². The van der Waals surface area contributed by atoms with Crippen LogP contribution in [-0.4, -0.2) is 24.5 Å². The van der Waals surface area contributed by atoms with Gasteiger partial charge in [-0.1, -0.05) is 30.3 Å². The van der Waals surface area contributed by atoms with Crippen molar-refractivity contribution in [3.05, 3.63) is 35.9 Å². The normalized spacial score (nSPS) is 10.8. The fourth-order valence-electron chi connectivity index (χ4n) is 1.83. The van der Waals surface area contributed by atoms with Crippen molar-refractivity contribution in [2.75, 3.05) is 13.1 Å². The maximum atomic E-state index is 11.6. The Morgan fingerprint density at radius 1 is 1.30 bits per heavy atom. The Morgan fingerprint density at radius 3 is 2.65 bits per heavy atom. The molecule has 4 heteroatoms. The third kappa shape index (κ3) is 6.91. The topological polar surface area (TPSA) is 64.9 Å². The van der Waals surface area contributed by atoms with Gasteiger partial charge in [0.1, 0.15) is 0 Å². The van der Waals surface area contributed by atoms with E-state index in [2.05, 4.69) is 36.6 Å². The van der Waals surface area contributed by atoms with Crippen LogP contribution in [0.1, 0.15) is 32.3 Å². The molecular formula is C16H23N3O. The summed E-state index contributed by atoms with van der Waals surface area (Å²) in [7, 11) is 0. The zero-order valence-electron chi connectivity index (χ0n) is 12.3. The molecule has 1 aromatic carbocycles. The highest BCUT2D eigenvalue weighted by Gasteiger charge is 2.17. The largest absolute Gasteiger partial charge is 0.354 e. The number of hydrogen-bond donors (Lipinski definition) is 2. The lowest BCUT2D eigenvalue weighted by Crippen LogP contribution is -2.45. The minimum Gasteiger partial charge on any atom is -0.354 e. The zero-order valence-corrected chi connectivity index (χ0v) is 12.3. The van der Waals surface area contributed by atoms with Gasteiger partial charge in [0.25, 0.3) is 0 Å². The number of carbonyl (C=O) groups is 1. The van der Waals surface area contributed by atoms with E-state index in [0.717, 1.165) is 12.8 Å². The molecule has 0 unspecified atom stereocenters. The highest BCUT2D eigenvalue weighted by atomic mass is 16.1. The second-order valence-corrected chi connectivity index (χ2v) is 5.48. The van der Waals surface area contributed by atoms with E-state index in [4.69, 9.17) is 5.26 Å². The van der Waals surface area contributed by atoms with E-state index < -0.39 is 0 Å². The number of nitrogens with one attached hydrogen (secondary N) is 2. The monoisotopic (exact) mass is 273 g/mol. The number of aryl methyl sites for hydroxylation is 1. The van der Waals surface area contributed by atoms with Crippen LogP contribution in [0.3, 0.4) is 0 Å². The van der Waals surface area contributed by atoms with Gasteiger partial charge >= 0.3 is 0 Å². The molecule has 0 fully saturated rings. The summed E-state index contributed by atoms with van der Waals surface area (Å²) in [4.78, 5) is 11.6. The van der Waals surface area contributed by atoms with Crippen LogP contribution in [0.4, 0.5) is 0 Å². The minimum absolute atomic E-state index is 0.0620. The van der Waals surface area contributed by atoms with E-state index in [1.165, 1.54) is 5.56 Å². The van der Waals surface area contributed by atoms with E-state index in [9.17, 15) is 4.79 Å². The van der Waals surface area contributed by atoms with Crippen molar-refractivity contribution in [3.8, 4) is 6.07 Å². The SMILES string of the molecule is CC(C)(CCc1ccccc1)NCC(=O)NCCC#N. The van der Waals surface area contributed by atoms with Crippen molar-refractivity contribution in [2.45, 2.75) is 38.6 Å². The fourth-order valence-corrected chi connectivity index (χ4v) is 1.83. The first-order chi connectivity index (χ1) is 9.53. The van der Waals surface area contributed by atoms with Crippen LogP contribution < -0.4 is 10.6 Å². The third-order valence-electron chi connectivity index (χ3n) is 3.17. The van der Waals surface area contributed by atoms with Crippen molar-refractivity contribution in [1.82, 2.24) is 10.6 Å². The van der Waals surface area contributed by atoms with Crippen molar-refractivity contribution < 1.29 is 4.79 Å². The van der Waals surface area contributed by atoms with E-state index in [1.54, 1.807) is 0 Å². The first-order valence-electron chi connectivity index (χ1n) is 6.96.